The van der Waals surface area contributed by atoms with Gasteiger partial charge in [-0.2, -0.15) is 0 Å². The zero-order valence-electron chi connectivity index (χ0n) is 14.5. The first-order chi connectivity index (χ1) is 11.8. The molecule has 0 saturated heterocycles. The molecule has 0 aliphatic heterocycles. The zero-order chi connectivity index (χ0) is 18.4. The van der Waals surface area contributed by atoms with Crippen LogP contribution < -0.4 is 5.32 Å². The Bertz CT molecular complexity index is 804. The highest BCUT2D eigenvalue weighted by Crippen LogP contribution is 2.27. The van der Waals surface area contributed by atoms with Gasteiger partial charge in [0.15, 0.2) is 0 Å². The molecule has 1 N–H and O–H groups in total. The first-order valence-corrected chi connectivity index (χ1v) is 10.3. The van der Waals surface area contributed by atoms with Crippen molar-refractivity contribution in [2.45, 2.75) is 17.1 Å². The van der Waals surface area contributed by atoms with Gasteiger partial charge in [-0.1, -0.05) is 30.3 Å². The molecule has 7 heteroatoms. The molecule has 0 bridgehead atoms. The summed E-state index contributed by atoms with van der Waals surface area (Å²) in [4.78, 5) is 12.3. The molecule has 0 unspecified atom stereocenters. The second-order valence-corrected chi connectivity index (χ2v) is 9.20. The average molecular weight is 379 g/mol. The highest BCUT2D eigenvalue weighted by molar-refractivity contribution is 8.00. The van der Waals surface area contributed by atoms with Crippen LogP contribution in [-0.4, -0.2) is 38.5 Å². The van der Waals surface area contributed by atoms with Crippen LogP contribution in [0.25, 0.3) is 0 Å². The van der Waals surface area contributed by atoms with Gasteiger partial charge in [-0.15, -0.1) is 11.8 Å². The van der Waals surface area contributed by atoms with Crippen LogP contribution in [0.3, 0.4) is 0 Å². The number of hydrogen-bond donors (Lipinski definition) is 1. The van der Waals surface area contributed by atoms with E-state index in [1.807, 2.05) is 30.3 Å². The Morgan fingerprint density at radius 2 is 1.68 bits per heavy atom. The maximum absolute atomic E-state index is 12.1. The van der Waals surface area contributed by atoms with E-state index in [4.69, 9.17) is 0 Å². The molecule has 0 spiro atoms. The molecule has 0 fully saturated rings. The topological polar surface area (TPSA) is 66.5 Å². The molecular formula is C18H22N2O3S2. The van der Waals surface area contributed by atoms with E-state index in [-0.39, 0.29) is 16.1 Å². The molecule has 2 rings (SSSR count). The minimum atomic E-state index is -3.46. The van der Waals surface area contributed by atoms with Crippen LogP contribution in [0.4, 0.5) is 5.69 Å². The summed E-state index contributed by atoms with van der Waals surface area (Å²) in [5, 5.41) is 3.01. The van der Waals surface area contributed by atoms with Gasteiger partial charge >= 0.3 is 0 Å². The Balaban J connectivity index is 1.91. The molecule has 25 heavy (non-hydrogen) atoms. The molecule has 5 nitrogen and oxygen atoms in total. The third kappa shape index (κ3) is 5.32. The number of thioether (sulfide) groups is 1. The number of anilines is 1. The molecule has 1 amide bonds. The minimum Gasteiger partial charge on any atom is -0.325 e. The summed E-state index contributed by atoms with van der Waals surface area (Å²) in [5.74, 6) is 0.212. The predicted molar refractivity (Wildman–Crippen MR) is 103 cm³/mol. The van der Waals surface area contributed by atoms with Gasteiger partial charge in [-0.3, -0.25) is 4.79 Å². The summed E-state index contributed by atoms with van der Waals surface area (Å²) in [7, 11) is -0.493. The number of carbonyl (C=O) groups is 1. The van der Waals surface area contributed by atoms with Gasteiger partial charge in [0, 0.05) is 25.0 Å². The first-order valence-electron chi connectivity index (χ1n) is 7.79. The summed E-state index contributed by atoms with van der Waals surface area (Å²) < 4.78 is 25.2. The fourth-order valence-corrected chi connectivity index (χ4v) is 3.86. The number of sulfonamides is 1. The lowest BCUT2D eigenvalue weighted by atomic mass is 10.2. The average Bonchev–Trinajstić information content (AvgIpc) is 2.60. The van der Waals surface area contributed by atoms with E-state index in [0.717, 1.165) is 4.31 Å². The Morgan fingerprint density at radius 1 is 1.08 bits per heavy atom. The largest absolute Gasteiger partial charge is 0.325 e. The van der Waals surface area contributed by atoms with E-state index in [0.29, 0.717) is 11.4 Å². The van der Waals surface area contributed by atoms with Crippen molar-refractivity contribution in [3.63, 3.8) is 0 Å². The number of nitrogens with zero attached hydrogens (tertiary/aromatic N) is 1. The fraction of sp³-hybridized carbons (Fsp3) is 0.278. The number of benzene rings is 2. The van der Waals surface area contributed by atoms with E-state index in [1.165, 1.54) is 31.8 Å². The molecule has 0 saturated carbocycles. The van der Waals surface area contributed by atoms with Gasteiger partial charge < -0.3 is 5.32 Å². The van der Waals surface area contributed by atoms with Crippen molar-refractivity contribution in [2.75, 3.05) is 25.2 Å². The quantitative estimate of drug-likeness (QED) is 0.802. The molecule has 0 aliphatic carbocycles. The SMILES string of the molecule is C[C@H](SCC(=O)Nc1ccc(S(=O)(=O)N(C)C)cc1)c1ccccc1. The fourth-order valence-electron chi connectivity index (χ4n) is 2.14. The summed E-state index contributed by atoms with van der Waals surface area (Å²) in [6.45, 7) is 2.06. The minimum absolute atomic E-state index is 0.115. The van der Waals surface area contributed by atoms with Crippen LogP contribution in [0.2, 0.25) is 0 Å². The van der Waals surface area contributed by atoms with Gasteiger partial charge in [0.05, 0.1) is 10.6 Å². The van der Waals surface area contributed by atoms with E-state index in [2.05, 4.69) is 12.2 Å². The molecular weight excluding hydrogens is 356 g/mol. The molecule has 2 aromatic rings. The molecule has 0 aromatic heterocycles. The van der Waals surface area contributed by atoms with E-state index in [9.17, 15) is 13.2 Å². The van der Waals surface area contributed by atoms with Crippen LogP contribution in [0.15, 0.2) is 59.5 Å². The summed E-state index contributed by atoms with van der Waals surface area (Å²) in [5.41, 5.74) is 1.76. The number of amides is 1. The summed E-state index contributed by atoms with van der Waals surface area (Å²) in [6.07, 6.45) is 0. The second kappa shape index (κ2) is 8.51. The Hall–Kier alpha value is -1.83. The summed E-state index contributed by atoms with van der Waals surface area (Å²) in [6, 6.07) is 16.2. The van der Waals surface area contributed by atoms with Gasteiger partial charge in [0.1, 0.15) is 0 Å². The Morgan fingerprint density at radius 3 is 2.24 bits per heavy atom. The molecule has 0 radical (unpaired) electrons. The summed E-state index contributed by atoms with van der Waals surface area (Å²) >= 11 is 1.55. The Labute approximate surface area is 153 Å². The standard InChI is InChI=1S/C18H22N2O3S2/c1-14(15-7-5-4-6-8-15)24-13-18(21)19-16-9-11-17(12-10-16)25(22,23)20(2)3/h4-12,14H,13H2,1-3H3,(H,19,21)/t14-/m0/s1. The zero-order valence-corrected chi connectivity index (χ0v) is 16.1. The van der Waals surface area contributed by atoms with E-state index in [1.54, 1.807) is 23.9 Å². The van der Waals surface area contributed by atoms with Crippen LogP contribution in [-0.2, 0) is 14.8 Å². The van der Waals surface area contributed by atoms with Gasteiger partial charge in [-0.05, 0) is 36.8 Å². The number of hydrogen-bond acceptors (Lipinski definition) is 4. The van der Waals surface area contributed by atoms with Gasteiger partial charge in [0.25, 0.3) is 0 Å². The number of nitrogens with one attached hydrogen (secondary N) is 1. The molecule has 134 valence electrons. The third-order valence-electron chi connectivity index (χ3n) is 3.65. The van der Waals surface area contributed by atoms with Crippen molar-refractivity contribution >= 4 is 33.4 Å². The number of carbonyl (C=O) groups excluding carboxylic acids is 1. The first kappa shape index (κ1) is 19.5. The van der Waals surface area contributed by atoms with E-state index < -0.39 is 10.0 Å². The maximum Gasteiger partial charge on any atom is 0.242 e. The normalized spacial score (nSPS) is 12.8. The van der Waals surface area contributed by atoms with Crippen LogP contribution in [0, 0.1) is 0 Å². The highest BCUT2D eigenvalue weighted by atomic mass is 32.2. The third-order valence-corrected chi connectivity index (χ3v) is 6.68. The van der Waals surface area contributed by atoms with Crippen LogP contribution in [0.1, 0.15) is 17.7 Å². The van der Waals surface area contributed by atoms with Crippen LogP contribution in [0.5, 0.6) is 0 Å². The smallest absolute Gasteiger partial charge is 0.242 e. The lowest BCUT2D eigenvalue weighted by Gasteiger charge is -2.13. The van der Waals surface area contributed by atoms with Crippen molar-refractivity contribution < 1.29 is 13.2 Å². The van der Waals surface area contributed by atoms with Crippen molar-refractivity contribution in [3.05, 3.63) is 60.2 Å². The van der Waals surface area contributed by atoms with Crippen molar-refractivity contribution in [1.29, 1.82) is 0 Å². The van der Waals surface area contributed by atoms with E-state index >= 15 is 0 Å². The maximum atomic E-state index is 12.1. The molecule has 0 heterocycles. The molecule has 0 aliphatic rings. The molecule has 1 atom stereocenters. The lowest BCUT2D eigenvalue weighted by molar-refractivity contribution is -0.113. The van der Waals surface area contributed by atoms with Crippen molar-refractivity contribution in [1.82, 2.24) is 4.31 Å². The predicted octanol–water partition coefficient (Wildman–Crippen LogP) is 3.37. The monoisotopic (exact) mass is 378 g/mol. The highest BCUT2D eigenvalue weighted by Gasteiger charge is 2.17. The number of rotatable bonds is 7. The van der Waals surface area contributed by atoms with Crippen LogP contribution >= 0.6 is 11.8 Å². The second-order valence-electron chi connectivity index (χ2n) is 5.72. The Kier molecular flexibility index (Phi) is 6.64. The van der Waals surface area contributed by atoms with Gasteiger partial charge in [0.2, 0.25) is 15.9 Å². The van der Waals surface area contributed by atoms with Crippen molar-refractivity contribution in [2.24, 2.45) is 0 Å². The lowest BCUT2D eigenvalue weighted by Crippen LogP contribution is -2.22. The molecule has 2 aromatic carbocycles. The van der Waals surface area contributed by atoms with Crippen molar-refractivity contribution in [3.8, 4) is 0 Å². The van der Waals surface area contributed by atoms with Gasteiger partial charge in [-0.25, -0.2) is 12.7 Å².